The zero-order valence-corrected chi connectivity index (χ0v) is 14.5. The Morgan fingerprint density at radius 3 is 2.70 bits per heavy atom. The summed E-state index contributed by atoms with van der Waals surface area (Å²) in [6, 6.07) is 8.27. The van der Waals surface area contributed by atoms with Crippen LogP contribution in [0.15, 0.2) is 41.2 Å². The van der Waals surface area contributed by atoms with Gasteiger partial charge in [-0.1, -0.05) is 43.8 Å². The van der Waals surface area contributed by atoms with Crippen molar-refractivity contribution in [3.8, 4) is 0 Å². The standard InChI is InChI=1S/C16H19N5OS/c1-16(2)12-7-5-6-8-13(12)20(3)14(16)9-11(22)10-23-15-17-18-19-21(15)4/h5-9H,10H2,1-4H3/b14-9-. The first-order valence-electron chi connectivity index (χ1n) is 7.34. The highest BCUT2D eigenvalue weighted by molar-refractivity contribution is 7.99. The fourth-order valence-electron chi connectivity index (χ4n) is 2.93. The van der Waals surface area contributed by atoms with Crippen LogP contribution >= 0.6 is 11.8 Å². The molecule has 120 valence electrons. The third-order valence-electron chi connectivity index (χ3n) is 4.16. The number of carbonyl (C=O) groups is 1. The van der Waals surface area contributed by atoms with Gasteiger partial charge < -0.3 is 4.90 Å². The number of hydrogen-bond acceptors (Lipinski definition) is 6. The number of carbonyl (C=O) groups excluding carboxylic acids is 1. The number of tetrazole rings is 1. The monoisotopic (exact) mass is 329 g/mol. The van der Waals surface area contributed by atoms with Crippen molar-refractivity contribution in [2.75, 3.05) is 17.7 Å². The number of rotatable bonds is 4. The molecule has 0 atom stereocenters. The van der Waals surface area contributed by atoms with E-state index in [9.17, 15) is 4.79 Å². The van der Waals surface area contributed by atoms with Crippen LogP contribution < -0.4 is 4.90 Å². The van der Waals surface area contributed by atoms with Crippen molar-refractivity contribution in [1.29, 1.82) is 0 Å². The van der Waals surface area contributed by atoms with E-state index in [0.717, 1.165) is 11.4 Å². The van der Waals surface area contributed by atoms with Gasteiger partial charge in [-0.2, -0.15) is 0 Å². The predicted octanol–water partition coefficient (Wildman–Crippen LogP) is 2.18. The number of aromatic nitrogens is 4. The Hall–Kier alpha value is -2.15. The molecule has 0 amide bonds. The average molecular weight is 329 g/mol. The molecule has 6 nitrogen and oxygen atoms in total. The molecule has 0 fully saturated rings. The zero-order chi connectivity index (χ0) is 16.6. The molecular formula is C16H19N5OS. The number of nitrogens with zero attached hydrogens (tertiary/aromatic N) is 5. The summed E-state index contributed by atoms with van der Waals surface area (Å²) >= 11 is 1.34. The normalized spacial score (nSPS) is 17.6. The lowest BCUT2D eigenvalue weighted by Gasteiger charge is -2.23. The summed E-state index contributed by atoms with van der Waals surface area (Å²) in [4.78, 5) is 14.5. The lowest BCUT2D eigenvalue weighted by Crippen LogP contribution is -2.24. The first kappa shape index (κ1) is 15.7. The number of likely N-dealkylation sites (N-methyl/N-ethyl adjacent to an activating group) is 1. The van der Waals surface area contributed by atoms with Gasteiger partial charge in [-0.25, -0.2) is 4.68 Å². The number of anilines is 1. The highest BCUT2D eigenvalue weighted by Crippen LogP contribution is 2.46. The minimum Gasteiger partial charge on any atom is -0.347 e. The number of para-hydroxylation sites is 1. The number of allylic oxidation sites excluding steroid dienone is 2. The first-order valence-corrected chi connectivity index (χ1v) is 8.33. The van der Waals surface area contributed by atoms with Crippen LogP contribution in [-0.2, 0) is 17.3 Å². The van der Waals surface area contributed by atoms with Crippen molar-refractivity contribution in [1.82, 2.24) is 20.2 Å². The van der Waals surface area contributed by atoms with Crippen LogP contribution in [0.3, 0.4) is 0 Å². The lowest BCUT2D eigenvalue weighted by atomic mass is 9.83. The van der Waals surface area contributed by atoms with Crippen LogP contribution in [0.5, 0.6) is 0 Å². The number of ketones is 1. The molecule has 0 spiro atoms. The minimum absolute atomic E-state index is 0.0562. The highest BCUT2D eigenvalue weighted by Gasteiger charge is 2.38. The van der Waals surface area contributed by atoms with E-state index in [-0.39, 0.29) is 11.2 Å². The van der Waals surface area contributed by atoms with E-state index in [4.69, 9.17) is 0 Å². The first-order chi connectivity index (χ1) is 10.9. The second-order valence-electron chi connectivity index (χ2n) is 6.07. The number of benzene rings is 1. The Morgan fingerprint density at radius 2 is 2.04 bits per heavy atom. The summed E-state index contributed by atoms with van der Waals surface area (Å²) in [6.45, 7) is 4.29. The Morgan fingerprint density at radius 1 is 1.30 bits per heavy atom. The molecule has 0 aliphatic carbocycles. The largest absolute Gasteiger partial charge is 0.347 e. The molecule has 3 rings (SSSR count). The molecule has 1 aromatic carbocycles. The van der Waals surface area contributed by atoms with Crippen LogP contribution in [0.25, 0.3) is 0 Å². The SMILES string of the molecule is CN1/C(=C\C(=O)CSc2nnnn2C)C(C)(C)c2ccccc21. The van der Waals surface area contributed by atoms with Crippen molar-refractivity contribution in [2.45, 2.75) is 24.4 Å². The lowest BCUT2D eigenvalue weighted by molar-refractivity contribution is -0.112. The molecule has 1 aliphatic heterocycles. The van der Waals surface area contributed by atoms with Gasteiger partial charge in [0.2, 0.25) is 5.16 Å². The van der Waals surface area contributed by atoms with Crippen molar-refractivity contribution in [2.24, 2.45) is 7.05 Å². The zero-order valence-electron chi connectivity index (χ0n) is 13.6. The Labute approximate surface area is 139 Å². The summed E-state index contributed by atoms with van der Waals surface area (Å²) in [7, 11) is 3.77. The molecule has 2 aromatic rings. The van der Waals surface area contributed by atoms with Gasteiger partial charge in [0.1, 0.15) is 0 Å². The maximum atomic E-state index is 12.4. The Bertz CT molecular complexity index is 780. The average Bonchev–Trinajstić information content (AvgIpc) is 3.01. The van der Waals surface area contributed by atoms with Gasteiger partial charge in [0, 0.05) is 37.0 Å². The summed E-state index contributed by atoms with van der Waals surface area (Å²) in [5.41, 5.74) is 3.23. The fourth-order valence-corrected chi connectivity index (χ4v) is 3.60. The van der Waals surface area contributed by atoms with Gasteiger partial charge in [0.25, 0.3) is 0 Å². The van der Waals surface area contributed by atoms with Crippen molar-refractivity contribution < 1.29 is 4.79 Å². The van der Waals surface area contributed by atoms with Gasteiger partial charge in [0.05, 0.1) is 5.75 Å². The smallest absolute Gasteiger partial charge is 0.209 e. The fraction of sp³-hybridized carbons (Fsp3) is 0.375. The topological polar surface area (TPSA) is 63.9 Å². The minimum atomic E-state index is -0.183. The van der Waals surface area contributed by atoms with Gasteiger partial charge in [-0.3, -0.25) is 4.79 Å². The molecule has 23 heavy (non-hydrogen) atoms. The van der Waals surface area contributed by atoms with Crippen LogP contribution in [0.1, 0.15) is 19.4 Å². The highest BCUT2D eigenvalue weighted by atomic mass is 32.2. The second-order valence-corrected chi connectivity index (χ2v) is 7.01. The molecule has 0 saturated carbocycles. The molecule has 0 radical (unpaired) electrons. The van der Waals surface area contributed by atoms with Gasteiger partial charge >= 0.3 is 0 Å². The van der Waals surface area contributed by atoms with Gasteiger partial charge in [0.15, 0.2) is 5.78 Å². The molecule has 0 saturated heterocycles. The quantitative estimate of drug-likeness (QED) is 0.633. The number of fused-ring (bicyclic) bond motifs is 1. The van der Waals surface area contributed by atoms with E-state index in [2.05, 4.69) is 46.4 Å². The second kappa shape index (κ2) is 5.81. The summed E-state index contributed by atoms with van der Waals surface area (Å²) in [5, 5.41) is 11.8. The predicted molar refractivity (Wildman–Crippen MR) is 90.5 cm³/mol. The molecule has 1 aliphatic rings. The molecule has 0 bridgehead atoms. The van der Waals surface area contributed by atoms with E-state index >= 15 is 0 Å². The molecule has 7 heteroatoms. The number of aryl methyl sites for hydroxylation is 1. The molecular weight excluding hydrogens is 310 g/mol. The van der Waals surface area contributed by atoms with Crippen LogP contribution in [0.2, 0.25) is 0 Å². The van der Waals surface area contributed by atoms with Crippen molar-refractivity contribution in [3.63, 3.8) is 0 Å². The molecule has 0 N–H and O–H groups in total. The summed E-state index contributed by atoms with van der Waals surface area (Å²) in [6.07, 6.45) is 1.75. The van der Waals surface area contributed by atoms with Crippen LogP contribution in [-0.4, -0.2) is 38.8 Å². The van der Waals surface area contributed by atoms with Gasteiger partial charge in [-0.15, -0.1) is 5.10 Å². The van der Waals surface area contributed by atoms with Gasteiger partial charge in [-0.05, 0) is 22.1 Å². The van der Waals surface area contributed by atoms with Crippen molar-refractivity contribution in [3.05, 3.63) is 41.6 Å². The summed E-state index contributed by atoms with van der Waals surface area (Å²) in [5.74, 6) is 0.374. The maximum Gasteiger partial charge on any atom is 0.209 e. The molecule has 2 heterocycles. The third kappa shape index (κ3) is 2.76. The third-order valence-corrected chi connectivity index (χ3v) is 5.20. The van der Waals surface area contributed by atoms with E-state index in [1.54, 1.807) is 17.8 Å². The molecule has 0 unspecified atom stereocenters. The van der Waals surface area contributed by atoms with Crippen molar-refractivity contribution >= 4 is 23.2 Å². The summed E-state index contributed by atoms with van der Waals surface area (Å²) < 4.78 is 1.56. The number of hydrogen-bond donors (Lipinski definition) is 0. The van der Waals surface area contributed by atoms with Crippen LogP contribution in [0.4, 0.5) is 5.69 Å². The maximum absolute atomic E-state index is 12.4. The number of thioether (sulfide) groups is 1. The van der Waals surface area contributed by atoms with E-state index < -0.39 is 0 Å². The Balaban J connectivity index is 1.80. The molecule has 1 aromatic heterocycles. The van der Waals surface area contributed by atoms with E-state index in [1.807, 2.05) is 19.2 Å². The van der Waals surface area contributed by atoms with E-state index in [0.29, 0.717) is 10.9 Å². The van der Waals surface area contributed by atoms with E-state index in [1.165, 1.54) is 17.3 Å². The van der Waals surface area contributed by atoms with Crippen LogP contribution in [0, 0.1) is 0 Å². The Kier molecular flexibility index (Phi) is 3.97.